The average molecular weight is 550 g/mol. The molecule has 0 radical (unpaired) electrons. The SMILES string of the molecule is CC(c1oc2ccccc2c(=O)c1-c1cccc(F)c1)n1nc(-c2ccc3oc(O)c(O)c3c2)c2c(N)ncnc21. The highest BCUT2D eigenvalue weighted by Crippen LogP contribution is 2.41. The van der Waals surface area contributed by atoms with E-state index < -0.39 is 23.6 Å². The summed E-state index contributed by atoms with van der Waals surface area (Å²) < 4.78 is 27.4. The number of rotatable bonds is 4. The summed E-state index contributed by atoms with van der Waals surface area (Å²) in [6.07, 6.45) is 1.31. The molecular formula is C30H20FN5O5. The molecule has 0 saturated heterocycles. The zero-order chi connectivity index (χ0) is 28.4. The monoisotopic (exact) mass is 549 g/mol. The molecule has 4 aromatic heterocycles. The molecule has 1 atom stereocenters. The van der Waals surface area contributed by atoms with E-state index in [1.54, 1.807) is 60.1 Å². The Hall–Kier alpha value is -5.71. The van der Waals surface area contributed by atoms with Crippen LogP contribution in [0.2, 0.25) is 0 Å². The molecule has 202 valence electrons. The van der Waals surface area contributed by atoms with E-state index in [9.17, 15) is 19.4 Å². The van der Waals surface area contributed by atoms with Crippen molar-refractivity contribution < 1.29 is 23.4 Å². The Morgan fingerprint density at radius 2 is 1.73 bits per heavy atom. The van der Waals surface area contributed by atoms with Gasteiger partial charge in [-0.15, -0.1) is 0 Å². The number of para-hydroxylation sites is 1. The Morgan fingerprint density at radius 1 is 0.927 bits per heavy atom. The molecule has 4 N–H and O–H groups in total. The number of nitrogen functional groups attached to an aromatic ring is 1. The lowest BCUT2D eigenvalue weighted by atomic mass is 9.99. The van der Waals surface area contributed by atoms with Gasteiger partial charge in [-0.2, -0.15) is 5.10 Å². The van der Waals surface area contributed by atoms with Gasteiger partial charge in [0, 0.05) is 5.56 Å². The molecule has 7 rings (SSSR count). The lowest BCUT2D eigenvalue weighted by Gasteiger charge is -2.17. The molecule has 41 heavy (non-hydrogen) atoms. The van der Waals surface area contributed by atoms with Crippen molar-refractivity contribution >= 4 is 38.8 Å². The van der Waals surface area contributed by atoms with Crippen LogP contribution in [0.25, 0.3) is 55.4 Å². The largest absolute Gasteiger partial charge is 0.501 e. The number of anilines is 1. The first-order chi connectivity index (χ1) is 19.8. The minimum Gasteiger partial charge on any atom is -0.501 e. The topological polar surface area (TPSA) is 153 Å². The molecule has 0 aliphatic rings. The maximum atomic E-state index is 14.3. The molecule has 0 bridgehead atoms. The molecule has 0 aliphatic heterocycles. The summed E-state index contributed by atoms with van der Waals surface area (Å²) in [7, 11) is 0. The van der Waals surface area contributed by atoms with E-state index in [2.05, 4.69) is 9.97 Å². The Bertz CT molecular complexity index is 2220. The van der Waals surface area contributed by atoms with Crippen molar-refractivity contribution in [1.82, 2.24) is 19.7 Å². The molecule has 0 saturated carbocycles. The Balaban J connectivity index is 1.50. The van der Waals surface area contributed by atoms with Crippen molar-refractivity contribution in [3.05, 3.63) is 94.9 Å². The molecule has 0 amide bonds. The fourth-order valence-electron chi connectivity index (χ4n) is 5.17. The molecule has 7 aromatic rings. The maximum absolute atomic E-state index is 14.3. The van der Waals surface area contributed by atoms with Crippen molar-refractivity contribution in [2.24, 2.45) is 0 Å². The third kappa shape index (κ3) is 3.70. The van der Waals surface area contributed by atoms with Crippen LogP contribution >= 0.6 is 0 Å². The summed E-state index contributed by atoms with van der Waals surface area (Å²) in [4.78, 5) is 22.4. The Morgan fingerprint density at radius 3 is 2.56 bits per heavy atom. The van der Waals surface area contributed by atoms with Crippen LogP contribution in [0.5, 0.6) is 11.7 Å². The van der Waals surface area contributed by atoms with Crippen LogP contribution in [0.4, 0.5) is 10.2 Å². The third-order valence-corrected chi connectivity index (χ3v) is 7.12. The zero-order valence-electron chi connectivity index (χ0n) is 21.4. The number of hydrogen-bond acceptors (Lipinski definition) is 9. The summed E-state index contributed by atoms with van der Waals surface area (Å²) in [6.45, 7) is 1.79. The van der Waals surface area contributed by atoms with E-state index >= 15 is 0 Å². The van der Waals surface area contributed by atoms with Gasteiger partial charge in [0.05, 0.1) is 21.7 Å². The summed E-state index contributed by atoms with van der Waals surface area (Å²) in [6, 6.07) is 16.8. The number of halogens is 1. The first-order valence-electron chi connectivity index (χ1n) is 12.6. The predicted octanol–water partition coefficient (Wildman–Crippen LogP) is 5.75. The lowest BCUT2D eigenvalue weighted by molar-refractivity contribution is 0.316. The highest BCUT2D eigenvalue weighted by atomic mass is 19.1. The van der Waals surface area contributed by atoms with E-state index in [0.717, 1.165) is 0 Å². The van der Waals surface area contributed by atoms with Gasteiger partial charge in [-0.05, 0) is 55.0 Å². The zero-order valence-corrected chi connectivity index (χ0v) is 21.4. The molecule has 4 heterocycles. The van der Waals surface area contributed by atoms with Gasteiger partial charge in [-0.1, -0.05) is 24.3 Å². The normalized spacial score (nSPS) is 12.4. The summed E-state index contributed by atoms with van der Waals surface area (Å²) >= 11 is 0. The van der Waals surface area contributed by atoms with Gasteiger partial charge >= 0.3 is 5.95 Å². The van der Waals surface area contributed by atoms with Crippen molar-refractivity contribution in [3.63, 3.8) is 0 Å². The number of furan rings is 1. The van der Waals surface area contributed by atoms with Gasteiger partial charge in [-0.3, -0.25) is 4.79 Å². The summed E-state index contributed by atoms with van der Waals surface area (Å²) in [5, 5.41) is 26.0. The van der Waals surface area contributed by atoms with Crippen molar-refractivity contribution in [2.75, 3.05) is 5.73 Å². The van der Waals surface area contributed by atoms with E-state index in [4.69, 9.17) is 19.7 Å². The summed E-state index contributed by atoms with van der Waals surface area (Å²) in [5.74, 6) is -1.08. The molecule has 0 fully saturated rings. The lowest BCUT2D eigenvalue weighted by Crippen LogP contribution is -2.16. The van der Waals surface area contributed by atoms with Gasteiger partial charge in [0.1, 0.15) is 46.6 Å². The Labute approximate surface area is 229 Å². The van der Waals surface area contributed by atoms with Gasteiger partial charge in [0.25, 0.3) is 0 Å². The van der Waals surface area contributed by atoms with Gasteiger partial charge in [0.15, 0.2) is 5.65 Å². The van der Waals surface area contributed by atoms with Gasteiger partial charge < -0.3 is 24.8 Å². The first kappa shape index (κ1) is 24.3. The van der Waals surface area contributed by atoms with Crippen LogP contribution in [0.1, 0.15) is 18.7 Å². The van der Waals surface area contributed by atoms with E-state index in [-0.39, 0.29) is 33.5 Å². The molecule has 10 nitrogen and oxygen atoms in total. The minimum atomic E-state index is -0.716. The quantitative estimate of drug-likeness (QED) is 0.249. The van der Waals surface area contributed by atoms with Crippen molar-refractivity contribution in [3.8, 4) is 34.1 Å². The van der Waals surface area contributed by atoms with Crippen LogP contribution < -0.4 is 11.2 Å². The number of nitrogens with two attached hydrogens (primary N) is 1. The van der Waals surface area contributed by atoms with Crippen LogP contribution in [0, 0.1) is 5.82 Å². The Kier molecular flexibility index (Phi) is 5.29. The van der Waals surface area contributed by atoms with E-state index in [1.165, 1.54) is 24.5 Å². The number of aromatic nitrogens is 4. The van der Waals surface area contributed by atoms with Crippen LogP contribution in [0.3, 0.4) is 0 Å². The summed E-state index contributed by atoms with van der Waals surface area (Å²) in [5.41, 5.74) is 8.48. The maximum Gasteiger partial charge on any atom is 0.327 e. The predicted molar refractivity (Wildman–Crippen MR) is 150 cm³/mol. The third-order valence-electron chi connectivity index (χ3n) is 7.12. The van der Waals surface area contributed by atoms with Crippen LogP contribution in [-0.4, -0.2) is 30.0 Å². The standard InChI is InChI=1S/C30H20FN5O5/c1-14(27-22(15-5-4-6-17(31)11-15)25(37)18-7-2-3-8-20(18)40-27)36-29-23(28(32)33-13-34-29)24(35-36)16-9-10-21-19(12-16)26(38)30(39)41-21/h2-14,38-39H,1H3,(H2,32,33,34). The number of hydrogen-bond donors (Lipinski definition) is 3. The second-order valence-corrected chi connectivity index (χ2v) is 9.57. The number of benzene rings is 3. The molecular weight excluding hydrogens is 529 g/mol. The number of aromatic hydroxyl groups is 2. The highest BCUT2D eigenvalue weighted by Gasteiger charge is 2.27. The van der Waals surface area contributed by atoms with E-state index in [1.807, 2.05) is 0 Å². The molecule has 0 spiro atoms. The average Bonchev–Trinajstić information content (AvgIpc) is 3.50. The molecule has 3 aromatic carbocycles. The van der Waals surface area contributed by atoms with Crippen molar-refractivity contribution in [1.29, 1.82) is 0 Å². The fourth-order valence-corrected chi connectivity index (χ4v) is 5.17. The van der Waals surface area contributed by atoms with Crippen molar-refractivity contribution in [2.45, 2.75) is 13.0 Å². The number of nitrogens with zero attached hydrogens (tertiary/aromatic N) is 4. The molecule has 1 unspecified atom stereocenters. The van der Waals surface area contributed by atoms with Crippen LogP contribution in [0.15, 0.2) is 86.7 Å². The second kappa shape index (κ2) is 8.91. The molecule has 0 aliphatic carbocycles. The minimum absolute atomic E-state index is 0.160. The van der Waals surface area contributed by atoms with Gasteiger partial charge in [-0.25, -0.2) is 19.0 Å². The highest BCUT2D eigenvalue weighted by molar-refractivity contribution is 6.00. The van der Waals surface area contributed by atoms with Gasteiger partial charge in [0.2, 0.25) is 11.2 Å². The smallest absolute Gasteiger partial charge is 0.327 e. The fraction of sp³-hybridized carbons (Fsp3) is 0.0667. The molecule has 11 heteroatoms. The second-order valence-electron chi connectivity index (χ2n) is 9.57. The van der Waals surface area contributed by atoms with Crippen LogP contribution in [-0.2, 0) is 0 Å². The first-order valence-corrected chi connectivity index (χ1v) is 12.6. The number of fused-ring (bicyclic) bond motifs is 3. The van der Waals surface area contributed by atoms with E-state index in [0.29, 0.717) is 38.8 Å².